The molecule has 0 aromatic carbocycles. The maximum atomic E-state index is 12.9. The average Bonchev–Trinajstić information content (AvgIpc) is 3.17. The van der Waals surface area contributed by atoms with Crippen molar-refractivity contribution >= 4 is 17.2 Å². The summed E-state index contributed by atoms with van der Waals surface area (Å²) in [6.45, 7) is 7.18. The van der Waals surface area contributed by atoms with Gasteiger partial charge in [0.2, 0.25) is 0 Å². The van der Waals surface area contributed by atoms with E-state index in [9.17, 15) is 9.90 Å². The first-order chi connectivity index (χ1) is 13.6. The molecule has 0 radical (unpaired) electrons. The van der Waals surface area contributed by atoms with Gasteiger partial charge in [0.1, 0.15) is 5.69 Å². The number of hydrogen-bond acceptors (Lipinski definition) is 6. The summed E-state index contributed by atoms with van der Waals surface area (Å²) in [5.41, 5.74) is 0.749. The van der Waals surface area contributed by atoms with E-state index in [0.29, 0.717) is 11.7 Å². The molecule has 156 valence electrons. The summed E-state index contributed by atoms with van der Waals surface area (Å²) in [6, 6.07) is 0.534. The summed E-state index contributed by atoms with van der Waals surface area (Å²) in [4.78, 5) is 21.9. The number of hydrogen-bond donors (Lipinski definition) is 1. The number of rotatable bonds is 4. The van der Waals surface area contributed by atoms with E-state index in [4.69, 9.17) is 4.74 Å². The number of aliphatic hydroxyl groups is 1. The van der Waals surface area contributed by atoms with Crippen molar-refractivity contribution in [2.24, 2.45) is 5.41 Å². The van der Waals surface area contributed by atoms with Crippen LogP contribution in [-0.4, -0.2) is 77.3 Å². The monoisotopic (exact) mass is 407 g/mol. The highest BCUT2D eigenvalue weighted by molar-refractivity contribution is 7.09. The van der Waals surface area contributed by atoms with E-state index >= 15 is 0 Å². The Balaban J connectivity index is 1.37. The Morgan fingerprint density at radius 3 is 2.82 bits per heavy atom. The number of carbonyl (C=O) groups is 1. The first kappa shape index (κ1) is 20.3. The highest BCUT2D eigenvalue weighted by Crippen LogP contribution is 2.41. The fourth-order valence-electron chi connectivity index (χ4n) is 5.17. The number of ether oxygens (including phenoxy) is 1. The summed E-state index contributed by atoms with van der Waals surface area (Å²) in [7, 11) is 0. The first-order valence-electron chi connectivity index (χ1n) is 10.8. The summed E-state index contributed by atoms with van der Waals surface area (Å²) in [6.07, 6.45) is 6.69. The lowest BCUT2D eigenvalue weighted by atomic mass is 9.71. The van der Waals surface area contributed by atoms with E-state index < -0.39 is 0 Å². The van der Waals surface area contributed by atoms with Crippen LogP contribution < -0.4 is 0 Å². The van der Waals surface area contributed by atoms with E-state index in [0.717, 1.165) is 89.3 Å². The van der Waals surface area contributed by atoms with Gasteiger partial charge >= 0.3 is 0 Å². The van der Waals surface area contributed by atoms with Gasteiger partial charge in [0.25, 0.3) is 5.91 Å². The molecule has 3 aliphatic heterocycles. The molecule has 7 heteroatoms. The van der Waals surface area contributed by atoms with Crippen molar-refractivity contribution in [3.8, 4) is 0 Å². The molecule has 0 bridgehead atoms. The van der Waals surface area contributed by atoms with Gasteiger partial charge in [0, 0.05) is 50.8 Å². The summed E-state index contributed by atoms with van der Waals surface area (Å²) < 4.78 is 5.52. The Morgan fingerprint density at radius 1 is 1.36 bits per heavy atom. The number of thiazole rings is 1. The predicted octanol–water partition coefficient (Wildman–Crippen LogP) is 2.56. The largest absolute Gasteiger partial charge is 0.392 e. The van der Waals surface area contributed by atoms with E-state index in [-0.39, 0.29) is 17.4 Å². The lowest BCUT2D eigenvalue weighted by Crippen LogP contribution is -2.57. The molecule has 1 aromatic rings. The molecule has 4 rings (SSSR count). The molecule has 28 heavy (non-hydrogen) atoms. The average molecular weight is 408 g/mol. The number of carbonyl (C=O) groups excluding carboxylic acids is 1. The van der Waals surface area contributed by atoms with Crippen molar-refractivity contribution in [1.29, 1.82) is 0 Å². The molecular weight excluding hydrogens is 374 g/mol. The second kappa shape index (κ2) is 8.78. The standard InChI is InChI=1S/C21H33N3O3S/c1-2-3-19-22-18(14-28-19)20(26)23-8-6-21(7-9-23)12-17(25)13-24(15-21)16-4-10-27-11-5-16/h14,16-17,25H,2-13,15H2,1H3. The Morgan fingerprint density at radius 2 is 2.11 bits per heavy atom. The van der Waals surface area contributed by atoms with Gasteiger partial charge in [-0.05, 0) is 50.4 Å². The van der Waals surface area contributed by atoms with E-state index in [1.54, 1.807) is 11.3 Å². The van der Waals surface area contributed by atoms with Crippen LogP contribution in [0.1, 0.15) is 60.9 Å². The maximum Gasteiger partial charge on any atom is 0.273 e. The van der Waals surface area contributed by atoms with Gasteiger partial charge in [-0.2, -0.15) is 0 Å². The third-order valence-corrected chi connectivity index (χ3v) is 7.61. The fourth-order valence-corrected chi connectivity index (χ4v) is 6.04. The zero-order chi connectivity index (χ0) is 19.6. The SMILES string of the molecule is CCCc1nc(C(=O)N2CCC3(CC2)CC(O)CN(C2CCOCC2)C3)cs1. The number of piperidine rings is 2. The lowest BCUT2D eigenvalue weighted by molar-refractivity contribution is -0.0695. The normalized spacial score (nSPS) is 26.6. The number of amides is 1. The van der Waals surface area contributed by atoms with Gasteiger partial charge in [-0.25, -0.2) is 4.98 Å². The van der Waals surface area contributed by atoms with Crippen molar-refractivity contribution in [2.45, 2.75) is 64.0 Å². The molecule has 1 aromatic heterocycles. The van der Waals surface area contributed by atoms with Gasteiger partial charge in [-0.15, -0.1) is 11.3 Å². The number of aromatic nitrogens is 1. The van der Waals surface area contributed by atoms with Gasteiger partial charge in [0.05, 0.1) is 11.1 Å². The Kier molecular flexibility index (Phi) is 6.35. The molecule has 1 atom stereocenters. The molecule has 0 aliphatic carbocycles. The van der Waals surface area contributed by atoms with Crippen LogP contribution in [0.5, 0.6) is 0 Å². The van der Waals surface area contributed by atoms with Crippen LogP contribution in [-0.2, 0) is 11.2 Å². The molecule has 1 amide bonds. The molecule has 3 saturated heterocycles. The zero-order valence-corrected chi connectivity index (χ0v) is 17.8. The minimum atomic E-state index is -0.256. The predicted molar refractivity (Wildman–Crippen MR) is 110 cm³/mol. The topological polar surface area (TPSA) is 65.9 Å². The van der Waals surface area contributed by atoms with Crippen molar-refractivity contribution in [3.05, 3.63) is 16.1 Å². The highest BCUT2D eigenvalue weighted by atomic mass is 32.1. The first-order valence-corrected chi connectivity index (χ1v) is 11.7. The van der Waals surface area contributed by atoms with Crippen LogP contribution in [0, 0.1) is 5.41 Å². The molecule has 1 unspecified atom stereocenters. The van der Waals surface area contributed by atoms with Crippen LogP contribution >= 0.6 is 11.3 Å². The summed E-state index contributed by atoms with van der Waals surface area (Å²) >= 11 is 1.60. The smallest absolute Gasteiger partial charge is 0.273 e. The number of likely N-dealkylation sites (tertiary alicyclic amines) is 2. The molecule has 0 saturated carbocycles. The van der Waals surface area contributed by atoms with Gasteiger partial charge in [-0.1, -0.05) is 6.92 Å². The van der Waals surface area contributed by atoms with Crippen LogP contribution in [0.4, 0.5) is 0 Å². The number of aliphatic hydroxyl groups excluding tert-OH is 1. The van der Waals surface area contributed by atoms with Crippen molar-refractivity contribution in [1.82, 2.24) is 14.8 Å². The van der Waals surface area contributed by atoms with Crippen LogP contribution in [0.2, 0.25) is 0 Å². The number of β-amino-alcohol motifs (C(OH)–C–C–N with tert-alkyl or cyclic N) is 1. The third-order valence-electron chi connectivity index (χ3n) is 6.71. The van der Waals surface area contributed by atoms with Gasteiger partial charge < -0.3 is 14.7 Å². The number of aryl methyl sites for hydroxylation is 1. The quantitative estimate of drug-likeness (QED) is 0.831. The molecule has 3 aliphatic rings. The van der Waals surface area contributed by atoms with E-state index in [1.165, 1.54) is 0 Å². The summed E-state index contributed by atoms with van der Waals surface area (Å²) in [5, 5.41) is 13.5. The fraction of sp³-hybridized carbons (Fsp3) is 0.810. The lowest BCUT2D eigenvalue weighted by Gasteiger charge is -2.51. The maximum absolute atomic E-state index is 12.9. The molecular formula is C21H33N3O3S. The van der Waals surface area contributed by atoms with Crippen molar-refractivity contribution < 1.29 is 14.6 Å². The molecule has 1 N–H and O–H groups in total. The summed E-state index contributed by atoms with van der Waals surface area (Å²) in [5.74, 6) is 0.0751. The molecule has 4 heterocycles. The van der Waals surface area contributed by atoms with Gasteiger partial charge in [0.15, 0.2) is 0 Å². The highest BCUT2D eigenvalue weighted by Gasteiger charge is 2.44. The van der Waals surface area contributed by atoms with E-state index in [1.807, 2.05) is 10.3 Å². The van der Waals surface area contributed by atoms with Crippen molar-refractivity contribution in [2.75, 3.05) is 39.4 Å². The minimum absolute atomic E-state index is 0.0751. The second-order valence-corrected chi connectivity index (χ2v) is 9.74. The number of nitrogens with zero attached hydrogens (tertiary/aromatic N) is 3. The molecule has 1 spiro atoms. The van der Waals surface area contributed by atoms with Crippen LogP contribution in [0.3, 0.4) is 0 Å². The van der Waals surface area contributed by atoms with Crippen molar-refractivity contribution in [3.63, 3.8) is 0 Å². The third kappa shape index (κ3) is 4.42. The Hall–Kier alpha value is -1.02. The van der Waals surface area contributed by atoms with Crippen LogP contribution in [0.15, 0.2) is 5.38 Å². The molecule has 6 nitrogen and oxygen atoms in total. The second-order valence-electron chi connectivity index (χ2n) is 8.80. The zero-order valence-electron chi connectivity index (χ0n) is 16.9. The minimum Gasteiger partial charge on any atom is -0.392 e. The molecule has 3 fully saturated rings. The van der Waals surface area contributed by atoms with Crippen LogP contribution in [0.25, 0.3) is 0 Å². The Bertz CT molecular complexity index is 666. The Labute approximate surface area is 171 Å². The van der Waals surface area contributed by atoms with E-state index in [2.05, 4.69) is 16.8 Å². The van der Waals surface area contributed by atoms with Gasteiger partial charge in [-0.3, -0.25) is 9.69 Å².